The Bertz CT molecular complexity index is 1240. The van der Waals surface area contributed by atoms with Crippen molar-refractivity contribution in [1.29, 1.82) is 0 Å². The SMILES string of the molecule is Cc1ccc(O)c(C)c1-c1c(N)c(C(N)=O)cc2nc(N3CCC4(COC4)C3)cnc12. The molecular weight excluding hydrogens is 394 g/mol. The Kier molecular flexibility index (Phi) is 4.30. The number of phenols is 1. The Labute approximate surface area is 179 Å². The molecule has 2 aliphatic heterocycles. The number of aromatic hydroxyl groups is 1. The predicted molar refractivity (Wildman–Crippen MR) is 119 cm³/mol. The fourth-order valence-electron chi connectivity index (χ4n) is 4.75. The molecule has 2 aromatic carbocycles. The predicted octanol–water partition coefficient (Wildman–Crippen LogP) is 2.53. The Balaban J connectivity index is 1.71. The number of ether oxygens (including phenoxy) is 1. The van der Waals surface area contributed by atoms with Gasteiger partial charge in [0.15, 0.2) is 0 Å². The fourth-order valence-corrected chi connectivity index (χ4v) is 4.75. The summed E-state index contributed by atoms with van der Waals surface area (Å²) in [7, 11) is 0. The maximum Gasteiger partial charge on any atom is 0.250 e. The third-order valence-corrected chi connectivity index (χ3v) is 6.60. The molecule has 1 spiro atoms. The number of hydrogen-bond donors (Lipinski definition) is 3. The average Bonchev–Trinajstić information content (AvgIpc) is 3.18. The number of fused-ring (bicyclic) bond motifs is 1. The Morgan fingerprint density at radius 3 is 2.68 bits per heavy atom. The normalized spacial score (nSPS) is 17.3. The van der Waals surface area contributed by atoms with E-state index in [2.05, 4.69) is 4.90 Å². The number of carbonyl (C=O) groups excluding carboxylic acids is 1. The zero-order chi connectivity index (χ0) is 21.9. The first-order valence-corrected chi connectivity index (χ1v) is 10.3. The van der Waals surface area contributed by atoms with Crippen LogP contribution in [0.4, 0.5) is 11.5 Å². The number of benzene rings is 2. The molecule has 3 aromatic rings. The number of anilines is 2. The van der Waals surface area contributed by atoms with Gasteiger partial charge in [-0.15, -0.1) is 0 Å². The molecular formula is C23H25N5O3. The van der Waals surface area contributed by atoms with E-state index >= 15 is 0 Å². The van der Waals surface area contributed by atoms with Gasteiger partial charge in [-0.05, 0) is 49.1 Å². The van der Waals surface area contributed by atoms with Gasteiger partial charge in [0.1, 0.15) is 11.6 Å². The largest absolute Gasteiger partial charge is 0.508 e. The molecule has 3 heterocycles. The number of aryl methyl sites for hydroxylation is 1. The molecule has 0 saturated carbocycles. The molecule has 8 nitrogen and oxygen atoms in total. The standard InChI is InChI=1S/C23H25N5O3/c1-12-3-4-16(29)13(2)18(12)19-20(24)14(22(25)30)7-15-21(19)26-8-17(27-15)28-6-5-23(9-28)10-31-11-23/h3-4,7-8,29H,5-6,9-11,24H2,1-2H3,(H2,25,30). The van der Waals surface area contributed by atoms with Crippen molar-refractivity contribution in [3.63, 3.8) is 0 Å². The van der Waals surface area contributed by atoms with Crippen LogP contribution in [0, 0.1) is 19.3 Å². The smallest absolute Gasteiger partial charge is 0.250 e. The summed E-state index contributed by atoms with van der Waals surface area (Å²) in [6.07, 6.45) is 2.81. The van der Waals surface area contributed by atoms with E-state index in [-0.39, 0.29) is 22.4 Å². The van der Waals surface area contributed by atoms with E-state index in [1.165, 1.54) is 0 Å². The summed E-state index contributed by atoms with van der Waals surface area (Å²) in [4.78, 5) is 23.9. The summed E-state index contributed by atoms with van der Waals surface area (Å²) < 4.78 is 5.42. The molecule has 0 aliphatic carbocycles. The lowest BCUT2D eigenvalue weighted by atomic mass is 9.85. The zero-order valence-electron chi connectivity index (χ0n) is 17.6. The summed E-state index contributed by atoms with van der Waals surface area (Å²) in [6, 6.07) is 5.06. The van der Waals surface area contributed by atoms with Crippen molar-refractivity contribution < 1.29 is 14.6 Å². The number of primary amides is 1. The maximum absolute atomic E-state index is 12.2. The van der Waals surface area contributed by atoms with Gasteiger partial charge in [0.05, 0.1) is 41.7 Å². The van der Waals surface area contributed by atoms with Crippen molar-refractivity contribution in [2.24, 2.45) is 11.1 Å². The molecule has 1 aromatic heterocycles. The number of nitrogens with zero attached hydrogens (tertiary/aromatic N) is 3. The van der Waals surface area contributed by atoms with Crippen LogP contribution in [0.5, 0.6) is 5.75 Å². The molecule has 2 saturated heterocycles. The lowest BCUT2D eigenvalue weighted by Gasteiger charge is -2.37. The minimum Gasteiger partial charge on any atom is -0.508 e. The summed E-state index contributed by atoms with van der Waals surface area (Å²) in [5.41, 5.74) is 16.7. The number of nitrogen functional groups attached to an aromatic ring is 1. The monoisotopic (exact) mass is 419 g/mol. The number of amides is 1. The van der Waals surface area contributed by atoms with Crippen LogP contribution in [-0.4, -0.2) is 47.3 Å². The first kappa shape index (κ1) is 19.6. The lowest BCUT2D eigenvalue weighted by molar-refractivity contribution is -0.0985. The molecule has 0 bridgehead atoms. The number of phenolic OH excluding ortho intramolecular Hbond substituents is 1. The first-order valence-electron chi connectivity index (χ1n) is 10.3. The maximum atomic E-state index is 12.2. The van der Waals surface area contributed by atoms with Gasteiger partial charge in [-0.2, -0.15) is 0 Å². The minimum atomic E-state index is -0.630. The van der Waals surface area contributed by atoms with Crippen molar-refractivity contribution in [3.8, 4) is 16.9 Å². The van der Waals surface area contributed by atoms with Crippen LogP contribution in [-0.2, 0) is 4.74 Å². The van der Waals surface area contributed by atoms with Gasteiger partial charge in [-0.3, -0.25) is 9.78 Å². The second kappa shape index (κ2) is 6.81. The van der Waals surface area contributed by atoms with Gasteiger partial charge in [-0.1, -0.05) is 6.07 Å². The van der Waals surface area contributed by atoms with Crippen LogP contribution in [0.2, 0.25) is 0 Å². The Morgan fingerprint density at radius 2 is 2.03 bits per heavy atom. The number of nitrogens with two attached hydrogens (primary N) is 2. The summed E-state index contributed by atoms with van der Waals surface area (Å²) >= 11 is 0. The second-order valence-electron chi connectivity index (χ2n) is 8.74. The van der Waals surface area contributed by atoms with E-state index in [4.69, 9.17) is 26.2 Å². The highest BCUT2D eigenvalue weighted by Gasteiger charge is 2.44. The molecule has 31 heavy (non-hydrogen) atoms. The van der Waals surface area contributed by atoms with Crippen molar-refractivity contribution >= 4 is 28.4 Å². The molecule has 2 aliphatic rings. The van der Waals surface area contributed by atoms with Crippen molar-refractivity contribution in [2.75, 3.05) is 36.9 Å². The van der Waals surface area contributed by atoms with Gasteiger partial charge in [-0.25, -0.2) is 4.98 Å². The van der Waals surface area contributed by atoms with Crippen LogP contribution in [0.1, 0.15) is 27.9 Å². The van der Waals surface area contributed by atoms with Gasteiger partial charge >= 0.3 is 0 Å². The number of aromatic nitrogens is 2. The van der Waals surface area contributed by atoms with Crippen LogP contribution in [0.15, 0.2) is 24.4 Å². The molecule has 0 radical (unpaired) electrons. The Morgan fingerprint density at radius 1 is 1.26 bits per heavy atom. The molecule has 0 atom stereocenters. The van der Waals surface area contributed by atoms with Crippen LogP contribution in [0.3, 0.4) is 0 Å². The van der Waals surface area contributed by atoms with Crippen molar-refractivity contribution in [1.82, 2.24) is 9.97 Å². The molecule has 0 unspecified atom stereocenters. The molecule has 160 valence electrons. The lowest BCUT2D eigenvalue weighted by Crippen LogP contribution is -2.44. The summed E-state index contributed by atoms with van der Waals surface area (Å²) in [5, 5.41) is 10.3. The van der Waals surface area contributed by atoms with E-state index in [0.29, 0.717) is 22.2 Å². The average molecular weight is 419 g/mol. The number of carbonyl (C=O) groups is 1. The quantitative estimate of drug-likeness (QED) is 0.557. The van der Waals surface area contributed by atoms with Gasteiger partial charge < -0.3 is 26.2 Å². The van der Waals surface area contributed by atoms with Gasteiger partial charge in [0, 0.05) is 24.1 Å². The van der Waals surface area contributed by atoms with Crippen molar-refractivity contribution in [3.05, 3.63) is 41.1 Å². The Hall–Kier alpha value is -3.39. The van der Waals surface area contributed by atoms with E-state index in [1.807, 2.05) is 19.9 Å². The minimum absolute atomic E-state index is 0.146. The molecule has 5 rings (SSSR count). The first-order chi connectivity index (χ1) is 14.8. The highest BCUT2D eigenvalue weighted by Crippen LogP contribution is 2.42. The van der Waals surface area contributed by atoms with Crippen LogP contribution in [0.25, 0.3) is 22.2 Å². The zero-order valence-corrected chi connectivity index (χ0v) is 17.6. The topological polar surface area (TPSA) is 128 Å². The second-order valence-corrected chi connectivity index (χ2v) is 8.74. The summed E-state index contributed by atoms with van der Waals surface area (Å²) in [6.45, 7) is 7.07. The third kappa shape index (κ3) is 2.97. The van der Waals surface area contributed by atoms with E-state index in [1.54, 1.807) is 18.3 Å². The molecule has 5 N–H and O–H groups in total. The third-order valence-electron chi connectivity index (χ3n) is 6.60. The van der Waals surface area contributed by atoms with Crippen LogP contribution < -0.4 is 16.4 Å². The molecule has 1 amide bonds. The molecule has 8 heteroatoms. The highest BCUT2D eigenvalue weighted by atomic mass is 16.5. The summed E-state index contributed by atoms with van der Waals surface area (Å²) in [5.74, 6) is 0.272. The van der Waals surface area contributed by atoms with E-state index in [9.17, 15) is 9.90 Å². The highest BCUT2D eigenvalue weighted by molar-refractivity contribution is 6.10. The van der Waals surface area contributed by atoms with Crippen LogP contribution >= 0.6 is 0 Å². The van der Waals surface area contributed by atoms with Gasteiger partial charge in [0.25, 0.3) is 5.91 Å². The number of hydrogen-bond acceptors (Lipinski definition) is 7. The van der Waals surface area contributed by atoms with Gasteiger partial charge in [0.2, 0.25) is 0 Å². The number of rotatable bonds is 3. The fraction of sp³-hybridized carbons (Fsp3) is 0.348. The van der Waals surface area contributed by atoms with E-state index < -0.39 is 5.91 Å². The molecule has 2 fully saturated rings. The van der Waals surface area contributed by atoms with Crippen molar-refractivity contribution in [2.45, 2.75) is 20.3 Å². The van der Waals surface area contributed by atoms with E-state index in [0.717, 1.165) is 49.7 Å².